The number of carbonyl (C=O) groups is 3. The summed E-state index contributed by atoms with van der Waals surface area (Å²) >= 11 is 0. The van der Waals surface area contributed by atoms with Gasteiger partial charge in [0.05, 0.1) is 0 Å². The summed E-state index contributed by atoms with van der Waals surface area (Å²) in [7, 11) is 0. The standard InChI is InChI=1S/C55H106O6/c1-6-8-9-10-11-12-18-25-30-35-40-45-53(56)59-48-52(49-60-54(57)46-41-36-31-26-22-17-19-23-28-33-38-43-50(3)4)61-55(58)47-42-37-32-27-21-16-14-13-15-20-24-29-34-39-44-51(5)7-2/h50-52H,6-49H2,1-5H3/t51?,52-/m0/s1. The zero-order valence-electron chi connectivity index (χ0n) is 41.8. The van der Waals surface area contributed by atoms with Gasteiger partial charge in [-0.15, -0.1) is 0 Å². The highest BCUT2D eigenvalue weighted by atomic mass is 16.6. The second kappa shape index (κ2) is 47.9. The summed E-state index contributed by atoms with van der Waals surface area (Å²) in [6.07, 6.45) is 49.4. The van der Waals surface area contributed by atoms with Crippen LogP contribution in [0.2, 0.25) is 0 Å². The van der Waals surface area contributed by atoms with Crippen LogP contribution in [0.1, 0.15) is 304 Å². The highest BCUT2D eigenvalue weighted by molar-refractivity contribution is 5.71. The Labute approximate surface area is 380 Å². The summed E-state index contributed by atoms with van der Waals surface area (Å²) in [5, 5.41) is 0. The molecule has 2 atom stereocenters. The molecule has 0 heterocycles. The Morgan fingerprint density at radius 3 is 0.934 bits per heavy atom. The molecule has 6 nitrogen and oxygen atoms in total. The van der Waals surface area contributed by atoms with Crippen molar-refractivity contribution >= 4 is 17.9 Å². The van der Waals surface area contributed by atoms with E-state index in [2.05, 4.69) is 34.6 Å². The van der Waals surface area contributed by atoms with E-state index in [0.29, 0.717) is 19.3 Å². The largest absolute Gasteiger partial charge is 0.462 e. The maximum Gasteiger partial charge on any atom is 0.306 e. The van der Waals surface area contributed by atoms with E-state index < -0.39 is 6.10 Å². The summed E-state index contributed by atoms with van der Waals surface area (Å²) in [5.74, 6) is 0.877. The van der Waals surface area contributed by atoms with E-state index in [4.69, 9.17) is 14.2 Å². The Balaban J connectivity index is 4.29. The van der Waals surface area contributed by atoms with Gasteiger partial charge in [0.25, 0.3) is 0 Å². The molecule has 0 saturated carbocycles. The molecule has 0 radical (unpaired) electrons. The fourth-order valence-electron chi connectivity index (χ4n) is 8.31. The van der Waals surface area contributed by atoms with E-state index in [-0.39, 0.29) is 31.1 Å². The van der Waals surface area contributed by atoms with Gasteiger partial charge in [0.1, 0.15) is 13.2 Å². The van der Waals surface area contributed by atoms with Crippen molar-refractivity contribution in [3.63, 3.8) is 0 Å². The van der Waals surface area contributed by atoms with Gasteiger partial charge in [-0.2, -0.15) is 0 Å². The number of hydrogen-bond acceptors (Lipinski definition) is 6. The van der Waals surface area contributed by atoms with Crippen molar-refractivity contribution in [2.45, 2.75) is 310 Å². The first-order chi connectivity index (χ1) is 29.8. The highest BCUT2D eigenvalue weighted by Gasteiger charge is 2.19. The van der Waals surface area contributed by atoms with Crippen molar-refractivity contribution < 1.29 is 28.6 Å². The van der Waals surface area contributed by atoms with Gasteiger partial charge >= 0.3 is 17.9 Å². The number of unbranched alkanes of at least 4 members (excludes halogenated alkanes) is 33. The molecule has 0 N–H and O–H groups in total. The minimum atomic E-state index is -0.762. The van der Waals surface area contributed by atoms with Crippen LogP contribution in [0.3, 0.4) is 0 Å². The van der Waals surface area contributed by atoms with Crippen LogP contribution in [0.5, 0.6) is 0 Å². The van der Waals surface area contributed by atoms with Gasteiger partial charge in [-0.25, -0.2) is 0 Å². The van der Waals surface area contributed by atoms with Gasteiger partial charge in [0.2, 0.25) is 0 Å². The second-order valence-electron chi connectivity index (χ2n) is 19.6. The van der Waals surface area contributed by atoms with E-state index in [1.807, 2.05) is 0 Å². The quantitative estimate of drug-likeness (QED) is 0.0344. The van der Waals surface area contributed by atoms with Gasteiger partial charge in [-0.3, -0.25) is 14.4 Å². The topological polar surface area (TPSA) is 78.9 Å². The first kappa shape index (κ1) is 59.4. The van der Waals surface area contributed by atoms with Gasteiger partial charge < -0.3 is 14.2 Å². The Kier molecular flexibility index (Phi) is 46.6. The van der Waals surface area contributed by atoms with Gasteiger partial charge in [-0.05, 0) is 31.1 Å². The number of ether oxygens (including phenoxy) is 3. The van der Waals surface area contributed by atoms with Crippen LogP contribution in [0.4, 0.5) is 0 Å². The summed E-state index contributed by atoms with van der Waals surface area (Å²) in [4.78, 5) is 38.0. The Bertz CT molecular complexity index is 933. The predicted octanol–water partition coefficient (Wildman–Crippen LogP) is 17.7. The van der Waals surface area contributed by atoms with Crippen LogP contribution in [-0.4, -0.2) is 37.2 Å². The van der Waals surface area contributed by atoms with Crippen molar-refractivity contribution in [3.8, 4) is 0 Å². The van der Waals surface area contributed by atoms with E-state index in [9.17, 15) is 14.4 Å². The molecule has 0 aromatic rings. The Morgan fingerprint density at radius 1 is 0.344 bits per heavy atom. The maximum absolute atomic E-state index is 12.8. The van der Waals surface area contributed by atoms with Crippen molar-refractivity contribution in [1.29, 1.82) is 0 Å². The molecule has 0 bridgehead atoms. The van der Waals surface area contributed by atoms with E-state index in [1.165, 1.54) is 193 Å². The minimum absolute atomic E-state index is 0.0633. The fourth-order valence-corrected chi connectivity index (χ4v) is 8.31. The van der Waals surface area contributed by atoms with Crippen molar-refractivity contribution in [2.24, 2.45) is 11.8 Å². The number of hydrogen-bond donors (Lipinski definition) is 0. The normalized spacial score (nSPS) is 12.5. The van der Waals surface area contributed by atoms with Crippen LogP contribution in [0.15, 0.2) is 0 Å². The summed E-state index contributed by atoms with van der Waals surface area (Å²) in [6.45, 7) is 11.4. The molecular formula is C55H106O6. The molecule has 0 rings (SSSR count). The zero-order chi connectivity index (χ0) is 44.7. The molecule has 61 heavy (non-hydrogen) atoms. The van der Waals surface area contributed by atoms with Crippen LogP contribution in [-0.2, 0) is 28.6 Å². The minimum Gasteiger partial charge on any atom is -0.462 e. The number of esters is 3. The van der Waals surface area contributed by atoms with Crippen molar-refractivity contribution in [3.05, 3.63) is 0 Å². The number of rotatable bonds is 49. The van der Waals surface area contributed by atoms with Crippen LogP contribution >= 0.6 is 0 Å². The van der Waals surface area contributed by atoms with Crippen LogP contribution < -0.4 is 0 Å². The van der Waals surface area contributed by atoms with Gasteiger partial charge in [-0.1, -0.05) is 266 Å². The molecule has 0 aliphatic carbocycles. The molecule has 1 unspecified atom stereocenters. The molecule has 0 amide bonds. The lowest BCUT2D eigenvalue weighted by Crippen LogP contribution is -2.30. The molecule has 0 fully saturated rings. The van der Waals surface area contributed by atoms with Crippen molar-refractivity contribution in [2.75, 3.05) is 13.2 Å². The summed E-state index contributed by atoms with van der Waals surface area (Å²) in [6, 6.07) is 0. The first-order valence-corrected chi connectivity index (χ1v) is 27.3. The lowest BCUT2D eigenvalue weighted by molar-refractivity contribution is -0.167. The molecular weight excluding hydrogens is 757 g/mol. The average molecular weight is 863 g/mol. The fraction of sp³-hybridized carbons (Fsp3) is 0.945. The lowest BCUT2D eigenvalue weighted by Gasteiger charge is -2.18. The van der Waals surface area contributed by atoms with Crippen LogP contribution in [0.25, 0.3) is 0 Å². The predicted molar refractivity (Wildman–Crippen MR) is 261 cm³/mol. The molecule has 362 valence electrons. The molecule has 0 spiro atoms. The second-order valence-corrected chi connectivity index (χ2v) is 19.6. The molecule has 0 saturated heterocycles. The zero-order valence-corrected chi connectivity index (χ0v) is 41.8. The third-order valence-corrected chi connectivity index (χ3v) is 12.8. The summed E-state index contributed by atoms with van der Waals surface area (Å²) in [5.41, 5.74) is 0. The van der Waals surface area contributed by atoms with Crippen LogP contribution in [0, 0.1) is 11.8 Å². The monoisotopic (exact) mass is 863 g/mol. The van der Waals surface area contributed by atoms with E-state index in [1.54, 1.807) is 0 Å². The smallest absolute Gasteiger partial charge is 0.306 e. The maximum atomic E-state index is 12.8. The van der Waals surface area contributed by atoms with E-state index in [0.717, 1.165) is 69.6 Å². The average Bonchev–Trinajstić information content (AvgIpc) is 3.24. The first-order valence-electron chi connectivity index (χ1n) is 27.3. The molecule has 0 aliphatic heterocycles. The summed E-state index contributed by atoms with van der Waals surface area (Å²) < 4.78 is 16.8. The highest BCUT2D eigenvalue weighted by Crippen LogP contribution is 2.18. The Morgan fingerprint density at radius 2 is 0.623 bits per heavy atom. The molecule has 0 aliphatic rings. The third kappa shape index (κ3) is 47.7. The van der Waals surface area contributed by atoms with Gasteiger partial charge in [0, 0.05) is 19.3 Å². The molecule has 0 aromatic heterocycles. The van der Waals surface area contributed by atoms with E-state index >= 15 is 0 Å². The van der Waals surface area contributed by atoms with Crippen molar-refractivity contribution in [1.82, 2.24) is 0 Å². The number of carbonyl (C=O) groups excluding carboxylic acids is 3. The lowest BCUT2D eigenvalue weighted by atomic mass is 9.99. The third-order valence-electron chi connectivity index (χ3n) is 12.8. The SMILES string of the molecule is CCCCCCCCCCCCCC(=O)OC[C@@H](COC(=O)CCCCCCCCCCCCCC(C)C)OC(=O)CCCCCCCCCCCCCCCCC(C)CC. The van der Waals surface area contributed by atoms with Gasteiger partial charge in [0.15, 0.2) is 6.10 Å². The Hall–Kier alpha value is -1.59. The molecule has 6 heteroatoms. The molecule has 0 aromatic carbocycles.